The van der Waals surface area contributed by atoms with E-state index in [1.54, 1.807) is 24.3 Å². The average Bonchev–Trinajstić information content (AvgIpc) is 2.76. The van der Waals surface area contributed by atoms with E-state index in [1.807, 2.05) is 0 Å². The molecule has 0 spiro atoms. The third kappa shape index (κ3) is 5.48. The monoisotopic (exact) mass is 489 g/mol. The van der Waals surface area contributed by atoms with Crippen molar-refractivity contribution in [2.45, 2.75) is 0 Å². The maximum atomic E-state index is 13.0. The molecule has 2 aromatic carbocycles. The van der Waals surface area contributed by atoms with E-state index in [4.69, 9.17) is 0 Å². The molecule has 0 saturated carbocycles. The number of carbonyl (C=O) groups is 2. The lowest BCUT2D eigenvalue weighted by Crippen LogP contribution is -2.32. The largest absolute Gasteiger partial charge is 0.356 e. The molecule has 0 aliphatic heterocycles. The van der Waals surface area contributed by atoms with Gasteiger partial charge in [0, 0.05) is 15.6 Å². The first-order valence-electron chi connectivity index (χ1n) is 8.48. The van der Waals surface area contributed by atoms with Crippen molar-refractivity contribution in [2.24, 2.45) is 0 Å². The number of anilines is 2. The number of rotatable bonds is 7. The van der Waals surface area contributed by atoms with Gasteiger partial charge in [-0.05, 0) is 48.5 Å². The Morgan fingerprint density at radius 2 is 1.32 bits per heavy atom. The van der Waals surface area contributed by atoms with Crippen LogP contribution in [0.15, 0.2) is 59.3 Å². The molecule has 2 amide bonds. The molecule has 0 bridgehead atoms. The number of carbonyl (C=O) groups excluding carboxylic acids is 2. The molecule has 0 atom stereocenters. The zero-order chi connectivity index (χ0) is 22.4. The molecule has 1 aromatic heterocycles. The van der Waals surface area contributed by atoms with Gasteiger partial charge in [-0.2, -0.15) is 0 Å². The highest BCUT2D eigenvalue weighted by atomic mass is 79.9. The Hall–Kier alpha value is -4.13. The number of benzene rings is 2. The Bertz CT molecular complexity index is 1050. The Balaban J connectivity index is 1.72. The van der Waals surface area contributed by atoms with Crippen molar-refractivity contribution >= 4 is 45.1 Å². The molecule has 13 heteroatoms. The van der Waals surface area contributed by atoms with Crippen LogP contribution in [0.4, 0.5) is 21.7 Å². The van der Waals surface area contributed by atoms with E-state index >= 15 is 0 Å². The molecular formula is C18H13BrFN7O4. The minimum absolute atomic E-state index is 0.116. The number of hydrazine groups is 2. The van der Waals surface area contributed by atoms with Gasteiger partial charge in [0.15, 0.2) is 0 Å². The van der Waals surface area contributed by atoms with E-state index in [1.165, 1.54) is 12.1 Å². The third-order valence-electron chi connectivity index (χ3n) is 3.81. The van der Waals surface area contributed by atoms with Gasteiger partial charge in [0.25, 0.3) is 11.8 Å². The lowest BCUT2D eigenvalue weighted by molar-refractivity contribution is -0.383. The molecule has 0 fully saturated rings. The highest BCUT2D eigenvalue weighted by molar-refractivity contribution is 9.10. The summed E-state index contributed by atoms with van der Waals surface area (Å²) < 4.78 is 13.7. The Morgan fingerprint density at radius 1 is 0.871 bits per heavy atom. The number of nitrogens with one attached hydrogen (secondary N) is 4. The minimum Gasteiger partial charge on any atom is -0.276 e. The molecule has 3 rings (SSSR count). The van der Waals surface area contributed by atoms with Crippen LogP contribution in [0.1, 0.15) is 20.7 Å². The van der Waals surface area contributed by atoms with Crippen LogP contribution in [-0.4, -0.2) is 26.7 Å². The second-order valence-electron chi connectivity index (χ2n) is 5.85. The smallest absolute Gasteiger partial charge is 0.276 e. The first-order valence-corrected chi connectivity index (χ1v) is 9.27. The number of nitro groups is 1. The molecule has 11 nitrogen and oxygen atoms in total. The fraction of sp³-hybridized carbons (Fsp3) is 0. The molecule has 0 radical (unpaired) electrons. The predicted octanol–water partition coefficient (Wildman–Crippen LogP) is 2.80. The Morgan fingerprint density at radius 3 is 1.77 bits per heavy atom. The van der Waals surface area contributed by atoms with Crippen LogP contribution < -0.4 is 21.7 Å². The van der Waals surface area contributed by atoms with Gasteiger partial charge in [-0.3, -0.25) is 41.4 Å². The van der Waals surface area contributed by atoms with Crippen LogP contribution in [0.3, 0.4) is 0 Å². The van der Waals surface area contributed by atoms with Crippen LogP contribution in [0.25, 0.3) is 0 Å². The second-order valence-corrected chi connectivity index (χ2v) is 6.76. The Labute approximate surface area is 182 Å². The third-order valence-corrected chi connectivity index (χ3v) is 4.34. The predicted molar refractivity (Wildman–Crippen MR) is 111 cm³/mol. The molecule has 0 aliphatic rings. The molecule has 0 unspecified atom stereocenters. The van der Waals surface area contributed by atoms with E-state index in [0.717, 1.165) is 22.9 Å². The summed E-state index contributed by atoms with van der Waals surface area (Å²) in [5.41, 5.74) is 9.03. The molecule has 31 heavy (non-hydrogen) atoms. The Kier molecular flexibility index (Phi) is 6.67. The lowest BCUT2D eigenvalue weighted by atomic mass is 10.2. The van der Waals surface area contributed by atoms with Crippen molar-refractivity contribution in [3.63, 3.8) is 0 Å². The zero-order valence-corrected chi connectivity index (χ0v) is 17.0. The summed E-state index contributed by atoms with van der Waals surface area (Å²) >= 11 is 3.25. The van der Waals surface area contributed by atoms with Crippen molar-refractivity contribution in [3.8, 4) is 0 Å². The summed E-state index contributed by atoms with van der Waals surface area (Å²) in [5, 5.41) is 11.5. The summed E-state index contributed by atoms with van der Waals surface area (Å²) in [4.78, 5) is 42.5. The van der Waals surface area contributed by atoms with Crippen LogP contribution in [0.5, 0.6) is 0 Å². The summed E-state index contributed by atoms with van der Waals surface area (Å²) in [6, 6.07) is 11.1. The summed E-state index contributed by atoms with van der Waals surface area (Å²) in [6.45, 7) is 0. The quantitative estimate of drug-likeness (QED) is 0.292. The van der Waals surface area contributed by atoms with Crippen molar-refractivity contribution in [1.29, 1.82) is 0 Å². The molecule has 3 aromatic rings. The van der Waals surface area contributed by atoms with Crippen molar-refractivity contribution in [1.82, 2.24) is 20.8 Å². The summed E-state index contributed by atoms with van der Waals surface area (Å²) in [6.07, 6.45) is 0.994. The zero-order valence-electron chi connectivity index (χ0n) is 15.4. The number of hydrogen-bond donors (Lipinski definition) is 4. The maximum Gasteiger partial charge on any atom is 0.356 e. The van der Waals surface area contributed by atoms with Gasteiger partial charge in [-0.25, -0.2) is 14.4 Å². The van der Waals surface area contributed by atoms with E-state index in [9.17, 15) is 24.1 Å². The topological polar surface area (TPSA) is 151 Å². The van der Waals surface area contributed by atoms with E-state index in [0.29, 0.717) is 5.56 Å². The molecule has 0 aliphatic carbocycles. The molecule has 4 N–H and O–H groups in total. The molecule has 0 saturated heterocycles. The first-order chi connectivity index (χ1) is 14.8. The number of aromatic nitrogens is 2. The van der Waals surface area contributed by atoms with Gasteiger partial charge in [0.1, 0.15) is 12.1 Å². The van der Waals surface area contributed by atoms with E-state index < -0.39 is 28.2 Å². The van der Waals surface area contributed by atoms with Gasteiger partial charge in [0.05, 0.1) is 4.92 Å². The van der Waals surface area contributed by atoms with Crippen molar-refractivity contribution < 1.29 is 18.9 Å². The number of nitrogens with zero attached hydrogens (tertiary/aromatic N) is 3. The van der Waals surface area contributed by atoms with Crippen LogP contribution >= 0.6 is 15.9 Å². The highest BCUT2D eigenvalue weighted by Gasteiger charge is 2.24. The average molecular weight is 490 g/mol. The maximum absolute atomic E-state index is 13.0. The van der Waals surface area contributed by atoms with Crippen LogP contribution in [-0.2, 0) is 0 Å². The van der Waals surface area contributed by atoms with Crippen molar-refractivity contribution in [3.05, 3.63) is 86.4 Å². The SMILES string of the molecule is O=C(NNc1ncnc(NNC(=O)c2ccc(Br)cc2)c1[N+](=O)[O-])c1ccc(F)cc1. The normalized spacial score (nSPS) is 10.1. The fourth-order valence-corrected chi connectivity index (χ4v) is 2.58. The van der Waals surface area contributed by atoms with Gasteiger partial charge >= 0.3 is 5.69 Å². The van der Waals surface area contributed by atoms with E-state index in [-0.39, 0.29) is 17.2 Å². The standard InChI is InChI=1S/C18H13BrFN7O4/c19-12-5-1-10(2-6-12)17(28)25-23-15-14(27(30)31)16(22-9-21-15)24-26-18(29)11-3-7-13(20)8-4-11/h1-9H,(H,25,28)(H,26,29)(H2,21,22,23,24). The second kappa shape index (κ2) is 9.58. The van der Waals surface area contributed by atoms with E-state index in [2.05, 4.69) is 47.6 Å². The van der Waals surface area contributed by atoms with Crippen LogP contribution in [0.2, 0.25) is 0 Å². The molecule has 158 valence electrons. The van der Waals surface area contributed by atoms with Gasteiger partial charge < -0.3 is 0 Å². The van der Waals surface area contributed by atoms with Crippen molar-refractivity contribution in [2.75, 3.05) is 10.9 Å². The fourth-order valence-electron chi connectivity index (χ4n) is 2.31. The van der Waals surface area contributed by atoms with Gasteiger partial charge in [-0.1, -0.05) is 15.9 Å². The molecule has 1 heterocycles. The van der Waals surface area contributed by atoms with Crippen LogP contribution in [0, 0.1) is 15.9 Å². The minimum atomic E-state index is -0.791. The van der Waals surface area contributed by atoms with Gasteiger partial charge in [-0.15, -0.1) is 0 Å². The summed E-state index contributed by atoms with van der Waals surface area (Å²) in [5.74, 6) is -2.40. The number of amides is 2. The number of hydrogen-bond acceptors (Lipinski definition) is 8. The molecular weight excluding hydrogens is 477 g/mol. The summed E-state index contributed by atoms with van der Waals surface area (Å²) in [7, 11) is 0. The lowest BCUT2D eigenvalue weighted by Gasteiger charge is -2.11. The highest BCUT2D eigenvalue weighted by Crippen LogP contribution is 2.27. The first kappa shape index (κ1) is 21.6. The number of halogens is 2. The van der Waals surface area contributed by atoms with Gasteiger partial charge in [0.2, 0.25) is 11.6 Å².